The maximum atomic E-state index is 9.69. The van der Waals surface area contributed by atoms with Crippen LogP contribution < -0.4 is 5.73 Å². The van der Waals surface area contributed by atoms with Gasteiger partial charge in [-0.3, -0.25) is 0 Å². The quantitative estimate of drug-likeness (QED) is 0.911. The largest absolute Gasteiger partial charge is 0.508 e. The molecule has 17 heavy (non-hydrogen) atoms. The third-order valence-corrected chi connectivity index (χ3v) is 3.20. The van der Waals surface area contributed by atoms with E-state index in [4.69, 9.17) is 5.73 Å². The van der Waals surface area contributed by atoms with Gasteiger partial charge in [0, 0.05) is 4.47 Å². The van der Waals surface area contributed by atoms with Crippen LogP contribution in [-0.4, -0.2) is 11.7 Å². The molecule has 0 saturated heterocycles. The van der Waals surface area contributed by atoms with Gasteiger partial charge < -0.3 is 10.8 Å². The number of phenols is 1. The first-order valence-electron chi connectivity index (χ1n) is 5.48. The maximum absolute atomic E-state index is 9.69. The Morgan fingerprint density at radius 1 is 1.00 bits per heavy atom. The fraction of sp³-hybridized carbons (Fsp3) is 0.143. The molecule has 0 unspecified atom stereocenters. The second kappa shape index (κ2) is 5.34. The Labute approximate surface area is 109 Å². The van der Waals surface area contributed by atoms with E-state index in [9.17, 15) is 5.11 Å². The first-order valence-corrected chi connectivity index (χ1v) is 6.28. The van der Waals surface area contributed by atoms with Crippen LogP contribution in [0.15, 0.2) is 46.9 Å². The summed E-state index contributed by atoms with van der Waals surface area (Å²) in [5.74, 6) is 0.316. The number of aromatic hydroxyl groups is 1. The zero-order valence-corrected chi connectivity index (χ0v) is 10.9. The van der Waals surface area contributed by atoms with Crippen LogP contribution in [-0.2, 0) is 6.42 Å². The molecule has 0 saturated carbocycles. The fourth-order valence-electron chi connectivity index (χ4n) is 1.76. The summed E-state index contributed by atoms with van der Waals surface area (Å²) in [7, 11) is 0. The zero-order chi connectivity index (χ0) is 12.3. The van der Waals surface area contributed by atoms with E-state index >= 15 is 0 Å². The zero-order valence-electron chi connectivity index (χ0n) is 9.36. The van der Waals surface area contributed by atoms with Crippen LogP contribution >= 0.6 is 15.9 Å². The van der Waals surface area contributed by atoms with Crippen LogP contribution in [0.3, 0.4) is 0 Å². The van der Waals surface area contributed by atoms with E-state index in [1.54, 1.807) is 6.07 Å². The number of halogens is 1. The minimum atomic E-state index is 0.316. The van der Waals surface area contributed by atoms with Gasteiger partial charge in [0.2, 0.25) is 0 Å². The summed E-state index contributed by atoms with van der Waals surface area (Å²) >= 11 is 3.41. The average Bonchev–Trinajstić information content (AvgIpc) is 2.33. The molecule has 0 radical (unpaired) electrons. The summed E-state index contributed by atoms with van der Waals surface area (Å²) in [4.78, 5) is 0. The van der Waals surface area contributed by atoms with Gasteiger partial charge in [0.25, 0.3) is 0 Å². The number of benzene rings is 2. The van der Waals surface area contributed by atoms with Crippen LogP contribution in [0, 0.1) is 0 Å². The predicted octanol–water partition coefficient (Wildman–Crippen LogP) is 3.32. The van der Waals surface area contributed by atoms with E-state index in [0.29, 0.717) is 18.7 Å². The molecule has 0 atom stereocenters. The average molecular weight is 292 g/mol. The van der Waals surface area contributed by atoms with Crippen LogP contribution in [0.4, 0.5) is 0 Å². The van der Waals surface area contributed by atoms with Crippen molar-refractivity contribution in [1.29, 1.82) is 0 Å². The van der Waals surface area contributed by atoms with E-state index < -0.39 is 0 Å². The lowest BCUT2D eigenvalue weighted by atomic mass is 10.0. The molecule has 0 spiro atoms. The molecule has 0 amide bonds. The van der Waals surface area contributed by atoms with Crippen LogP contribution in [0.2, 0.25) is 0 Å². The molecule has 0 heterocycles. The van der Waals surface area contributed by atoms with E-state index in [-0.39, 0.29) is 0 Å². The molecule has 0 aliphatic carbocycles. The van der Waals surface area contributed by atoms with E-state index in [1.807, 2.05) is 36.4 Å². The molecule has 0 bridgehead atoms. The van der Waals surface area contributed by atoms with Gasteiger partial charge in [-0.05, 0) is 53.9 Å². The van der Waals surface area contributed by atoms with Gasteiger partial charge in [-0.15, -0.1) is 0 Å². The van der Waals surface area contributed by atoms with Crippen LogP contribution in [0.5, 0.6) is 5.75 Å². The van der Waals surface area contributed by atoms with E-state index in [0.717, 1.165) is 21.2 Å². The highest BCUT2D eigenvalue weighted by molar-refractivity contribution is 9.10. The number of nitrogens with two attached hydrogens (primary N) is 1. The molecule has 2 aromatic rings. The summed E-state index contributed by atoms with van der Waals surface area (Å²) < 4.78 is 1.06. The Bertz CT molecular complexity index is 508. The third kappa shape index (κ3) is 2.87. The molecule has 3 heteroatoms. The highest BCUT2D eigenvalue weighted by Crippen LogP contribution is 2.27. The van der Waals surface area contributed by atoms with Gasteiger partial charge in [0.15, 0.2) is 0 Å². The van der Waals surface area contributed by atoms with Gasteiger partial charge in [0.1, 0.15) is 5.75 Å². The van der Waals surface area contributed by atoms with Crippen molar-refractivity contribution in [3.05, 3.63) is 52.5 Å². The van der Waals surface area contributed by atoms with Crippen molar-refractivity contribution in [2.75, 3.05) is 6.54 Å². The molecule has 88 valence electrons. The number of hydrogen-bond acceptors (Lipinski definition) is 2. The lowest BCUT2D eigenvalue weighted by Crippen LogP contribution is -2.02. The predicted molar refractivity (Wildman–Crippen MR) is 74.0 cm³/mol. The Morgan fingerprint density at radius 3 is 2.29 bits per heavy atom. The van der Waals surface area contributed by atoms with Gasteiger partial charge >= 0.3 is 0 Å². The van der Waals surface area contributed by atoms with Gasteiger partial charge in [-0.2, -0.15) is 0 Å². The lowest BCUT2D eigenvalue weighted by Gasteiger charge is -2.07. The summed E-state index contributed by atoms with van der Waals surface area (Å²) in [6.07, 6.45) is 0.691. The molecule has 0 aliphatic heterocycles. The van der Waals surface area contributed by atoms with Crippen LogP contribution in [0.25, 0.3) is 11.1 Å². The minimum absolute atomic E-state index is 0.316. The molecule has 2 aromatic carbocycles. The van der Waals surface area contributed by atoms with E-state index in [2.05, 4.69) is 15.9 Å². The second-order valence-corrected chi connectivity index (χ2v) is 4.80. The highest BCUT2D eigenvalue weighted by atomic mass is 79.9. The maximum Gasteiger partial charge on any atom is 0.118 e. The van der Waals surface area contributed by atoms with Crippen molar-refractivity contribution in [1.82, 2.24) is 0 Å². The molecular formula is C14H14BrNO. The normalized spacial score (nSPS) is 10.5. The molecule has 3 N–H and O–H groups in total. The highest BCUT2D eigenvalue weighted by Gasteiger charge is 2.03. The molecule has 0 fully saturated rings. The van der Waals surface area contributed by atoms with Crippen molar-refractivity contribution in [2.45, 2.75) is 6.42 Å². The van der Waals surface area contributed by atoms with Crippen molar-refractivity contribution in [2.24, 2.45) is 5.73 Å². The van der Waals surface area contributed by atoms with Crippen molar-refractivity contribution in [3.63, 3.8) is 0 Å². The molecule has 2 rings (SSSR count). The Balaban J connectivity index is 2.39. The topological polar surface area (TPSA) is 46.2 Å². The molecule has 2 nitrogen and oxygen atoms in total. The van der Waals surface area contributed by atoms with Gasteiger partial charge in [-0.1, -0.05) is 34.1 Å². The second-order valence-electron chi connectivity index (χ2n) is 3.89. The third-order valence-electron chi connectivity index (χ3n) is 2.67. The number of hydrogen-bond donors (Lipinski definition) is 2. The number of rotatable bonds is 3. The summed E-state index contributed by atoms with van der Waals surface area (Å²) in [5, 5.41) is 9.69. The lowest BCUT2D eigenvalue weighted by molar-refractivity contribution is 0.468. The van der Waals surface area contributed by atoms with Crippen LogP contribution in [0.1, 0.15) is 5.56 Å². The Kier molecular flexibility index (Phi) is 3.82. The summed E-state index contributed by atoms with van der Waals surface area (Å²) in [5.41, 5.74) is 8.64. The first-order chi connectivity index (χ1) is 8.20. The smallest absolute Gasteiger partial charge is 0.118 e. The molecule has 0 aromatic heterocycles. The van der Waals surface area contributed by atoms with Gasteiger partial charge in [0.05, 0.1) is 0 Å². The number of phenolic OH excluding ortho intramolecular Hbond substituents is 1. The van der Waals surface area contributed by atoms with Crippen molar-refractivity contribution in [3.8, 4) is 16.9 Å². The van der Waals surface area contributed by atoms with Crippen molar-refractivity contribution >= 4 is 15.9 Å². The summed E-state index contributed by atoms with van der Waals surface area (Å²) in [6.45, 7) is 0.539. The van der Waals surface area contributed by atoms with Crippen molar-refractivity contribution < 1.29 is 5.11 Å². The van der Waals surface area contributed by atoms with E-state index in [1.165, 1.54) is 0 Å². The van der Waals surface area contributed by atoms with Gasteiger partial charge in [-0.25, -0.2) is 0 Å². The fourth-order valence-corrected chi connectivity index (χ4v) is 2.03. The summed E-state index contributed by atoms with van der Waals surface area (Å²) in [6, 6.07) is 13.7. The SMILES string of the molecule is NCCc1cc(-c2ccc(Br)cc2)ccc1O. The Morgan fingerprint density at radius 2 is 1.65 bits per heavy atom. The first kappa shape index (κ1) is 12.1. The Hall–Kier alpha value is -1.32. The monoisotopic (exact) mass is 291 g/mol. The minimum Gasteiger partial charge on any atom is -0.508 e. The molecular weight excluding hydrogens is 278 g/mol. The molecule has 0 aliphatic rings. The standard InChI is InChI=1S/C14H14BrNO/c15-13-4-1-10(2-5-13)11-3-6-14(17)12(9-11)7-8-16/h1-6,9,17H,7-8,16H2.